The summed E-state index contributed by atoms with van der Waals surface area (Å²) in [5.74, 6) is 0. The van der Waals surface area contributed by atoms with Crippen LogP contribution in [0.1, 0.15) is 37.7 Å². The van der Waals surface area contributed by atoms with E-state index in [1.165, 1.54) is 19.3 Å². The number of rotatable bonds is 1. The van der Waals surface area contributed by atoms with Gasteiger partial charge in [0, 0.05) is 17.3 Å². The molecule has 1 aromatic carbocycles. The van der Waals surface area contributed by atoms with E-state index in [9.17, 15) is 4.79 Å². The third kappa shape index (κ3) is 1.80. The van der Waals surface area contributed by atoms with Crippen molar-refractivity contribution in [3.8, 4) is 0 Å². The van der Waals surface area contributed by atoms with E-state index in [4.69, 9.17) is 0 Å². The summed E-state index contributed by atoms with van der Waals surface area (Å²) in [5, 5.41) is 2.96. The molecule has 2 aliphatic rings. The summed E-state index contributed by atoms with van der Waals surface area (Å²) in [5.41, 5.74) is 2.77. The lowest BCUT2D eigenvalue weighted by Crippen LogP contribution is -2.44. The minimum atomic E-state index is -0.0226. The van der Waals surface area contributed by atoms with Crippen LogP contribution in [0.5, 0.6) is 0 Å². The van der Waals surface area contributed by atoms with Crippen LogP contribution in [0.15, 0.2) is 30.8 Å². The van der Waals surface area contributed by atoms with Gasteiger partial charge in [0.05, 0.1) is 5.69 Å². The molecule has 1 fully saturated rings. The molecule has 0 bridgehead atoms. The van der Waals surface area contributed by atoms with Gasteiger partial charge in [-0.3, -0.25) is 4.90 Å². The Labute approximate surface area is 107 Å². The predicted octanol–water partition coefficient (Wildman–Crippen LogP) is 3.84. The first kappa shape index (κ1) is 11.3. The number of carbonyl (C=O) groups excluding carboxylic acids is 1. The van der Waals surface area contributed by atoms with Crippen LogP contribution in [-0.4, -0.2) is 17.0 Å². The van der Waals surface area contributed by atoms with Gasteiger partial charge >= 0.3 is 6.03 Å². The predicted molar refractivity (Wildman–Crippen MR) is 73.2 cm³/mol. The number of carbonyl (C=O) groups is 1. The summed E-state index contributed by atoms with van der Waals surface area (Å²) < 4.78 is 0. The van der Waals surface area contributed by atoms with Crippen molar-refractivity contribution in [2.75, 3.05) is 5.32 Å². The van der Waals surface area contributed by atoms with Gasteiger partial charge in [-0.15, -0.1) is 0 Å². The summed E-state index contributed by atoms with van der Waals surface area (Å²) in [6, 6.07) is 8.16. The van der Waals surface area contributed by atoms with Gasteiger partial charge in [0.1, 0.15) is 0 Å². The lowest BCUT2D eigenvalue weighted by molar-refractivity contribution is 0.202. The van der Waals surface area contributed by atoms with Crippen LogP contribution < -0.4 is 5.32 Å². The molecule has 1 aliphatic carbocycles. The Kier molecular flexibility index (Phi) is 2.82. The molecule has 0 radical (unpaired) electrons. The van der Waals surface area contributed by atoms with Gasteiger partial charge in [0.2, 0.25) is 0 Å². The van der Waals surface area contributed by atoms with Crippen molar-refractivity contribution in [1.82, 2.24) is 4.90 Å². The minimum Gasteiger partial charge on any atom is -0.307 e. The lowest BCUT2D eigenvalue weighted by atomic mass is 9.92. The standard InChI is InChI=1S/C15H18N2O/c1-11-13-9-5-6-10-14(13)16-15(18)17(11)12-7-3-2-4-8-12/h5-6,9-10,12H,1-4,7-8H2,(H,16,18). The van der Waals surface area contributed by atoms with Crippen LogP contribution in [0, 0.1) is 0 Å². The topological polar surface area (TPSA) is 32.3 Å². The summed E-state index contributed by atoms with van der Waals surface area (Å²) >= 11 is 0. The average Bonchev–Trinajstić information content (AvgIpc) is 2.40. The second-order valence-electron chi connectivity index (χ2n) is 5.08. The van der Waals surface area contributed by atoms with Gasteiger partial charge in [-0.05, 0) is 18.9 Å². The maximum absolute atomic E-state index is 12.2. The first-order valence-electron chi connectivity index (χ1n) is 6.66. The molecule has 3 rings (SSSR count). The molecule has 0 aromatic heterocycles. The molecule has 18 heavy (non-hydrogen) atoms. The maximum Gasteiger partial charge on any atom is 0.326 e. The number of anilines is 1. The molecule has 1 N–H and O–H groups in total. The summed E-state index contributed by atoms with van der Waals surface area (Å²) in [7, 11) is 0. The SMILES string of the molecule is C=C1c2ccccc2NC(=O)N1C1CCCCC1. The van der Waals surface area contributed by atoms with Crippen LogP contribution >= 0.6 is 0 Å². The molecule has 1 aliphatic heterocycles. The van der Waals surface area contributed by atoms with E-state index in [0.29, 0.717) is 6.04 Å². The maximum atomic E-state index is 12.2. The highest BCUT2D eigenvalue weighted by atomic mass is 16.2. The van der Waals surface area contributed by atoms with Gasteiger partial charge in [-0.2, -0.15) is 0 Å². The highest BCUT2D eigenvalue weighted by Gasteiger charge is 2.32. The third-order valence-corrected chi connectivity index (χ3v) is 3.93. The molecule has 1 saturated carbocycles. The molecule has 94 valence electrons. The monoisotopic (exact) mass is 242 g/mol. The molecular formula is C15H18N2O. The van der Waals surface area contributed by atoms with Crippen molar-refractivity contribution < 1.29 is 4.79 Å². The number of hydrogen-bond donors (Lipinski definition) is 1. The third-order valence-electron chi connectivity index (χ3n) is 3.93. The van der Waals surface area contributed by atoms with Crippen molar-refractivity contribution in [3.63, 3.8) is 0 Å². The Morgan fingerprint density at radius 3 is 2.67 bits per heavy atom. The fourth-order valence-corrected chi connectivity index (χ4v) is 3.00. The number of benzene rings is 1. The van der Waals surface area contributed by atoms with Crippen molar-refractivity contribution in [3.05, 3.63) is 36.4 Å². The van der Waals surface area contributed by atoms with Gasteiger partial charge < -0.3 is 5.32 Å². The highest BCUT2D eigenvalue weighted by molar-refractivity contribution is 6.02. The zero-order valence-electron chi connectivity index (χ0n) is 10.5. The van der Waals surface area contributed by atoms with E-state index in [1.54, 1.807) is 0 Å². The Balaban J connectivity index is 1.92. The van der Waals surface area contributed by atoms with E-state index in [0.717, 1.165) is 29.8 Å². The Morgan fingerprint density at radius 2 is 1.89 bits per heavy atom. The zero-order chi connectivity index (χ0) is 12.5. The summed E-state index contributed by atoms with van der Waals surface area (Å²) in [6.45, 7) is 4.13. The number of fused-ring (bicyclic) bond motifs is 1. The number of nitrogens with one attached hydrogen (secondary N) is 1. The highest BCUT2D eigenvalue weighted by Crippen LogP contribution is 2.35. The number of para-hydroxylation sites is 1. The smallest absolute Gasteiger partial charge is 0.307 e. The van der Waals surface area contributed by atoms with Crippen molar-refractivity contribution in [1.29, 1.82) is 0 Å². The molecule has 2 amide bonds. The van der Waals surface area contributed by atoms with E-state index >= 15 is 0 Å². The second kappa shape index (κ2) is 4.48. The second-order valence-corrected chi connectivity index (χ2v) is 5.08. The summed E-state index contributed by atoms with van der Waals surface area (Å²) in [4.78, 5) is 14.1. The van der Waals surface area contributed by atoms with Gasteiger partial charge in [0.25, 0.3) is 0 Å². The quantitative estimate of drug-likeness (QED) is 0.797. The van der Waals surface area contributed by atoms with Crippen LogP contribution in [0.4, 0.5) is 10.5 Å². The van der Waals surface area contributed by atoms with Crippen molar-refractivity contribution in [2.45, 2.75) is 38.1 Å². The molecule has 3 nitrogen and oxygen atoms in total. The number of amides is 2. The molecule has 0 unspecified atom stereocenters. The largest absolute Gasteiger partial charge is 0.326 e. The van der Waals surface area contributed by atoms with E-state index < -0.39 is 0 Å². The van der Waals surface area contributed by atoms with E-state index in [2.05, 4.69) is 11.9 Å². The molecule has 0 spiro atoms. The van der Waals surface area contributed by atoms with E-state index in [-0.39, 0.29) is 6.03 Å². The first-order valence-corrected chi connectivity index (χ1v) is 6.66. The molecule has 3 heteroatoms. The summed E-state index contributed by atoms with van der Waals surface area (Å²) in [6.07, 6.45) is 5.89. The van der Waals surface area contributed by atoms with Gasteiger partial charge in [-0.1, -0.05) is 44.0 Å². The van der Waals surface area contributed by atoms with Crippen LogP contribution in [0.2, 0.25) is 0 Å². The molecule has 0 saturated heterocycles. The van der Waals surface area contributed by atoms with E-state index in [1.807, 2.05) is 29.2 Å². The number of urea groups is 1. The average molecular weight is 242 g/mol. The fourth-order valence-electron chi connectivity index (χ4n) is 3.00. The van der Waals surface area contributed by atoms with Crippen LogP contribution in [-0.2, 0) is 0 Å². The number of nitrogens with zero attached hydrogens (tertiary/aromatic N) is 1. The van der Waals surface area contributed by atoms with Crippen molar-refractivity contribution in [2.24, 2.45) is 0 Å². The van der Waals surface area contributed by atoms with Gasteiger partial charge in [-0.25, -0.2) is 4.79 Å². The molecular weight excluding hydrogens is 224 g/mol. The minimum absolute atomic E-state index is 0.0226. The van der Waals surface area contributed by atoms with Crippen LogP contribution in [0.25, 0.3) is 5.70 Å². The lowest BCUT2D eigenvalue weighted by Gasteiger charge is -2.38. The van der Waals surface area contributed by atoms with Gasteiger partial charge in [0.15, 0.2) is 0 Å². The normalized spacial score (nSPS) is 20.6. The zero-order valence-corrected chi connectivity index (χ0v) is 10.5. The molecule has 1 aromatic rings. The molecule has 1 heterocycles. The first-order chi connectivity index (χ1) is 8.77. The Hall–Kier alpha value is -1.77. The Morgan fingerprint density at radius 1 is 1.17 bits per heavy atom. The fraction of sp³-hybridized carbons (Fsp3) is 0.400. The number of hydrogen-bond acceptors (Lipinski definition) is 1. The van der Waals surface area contributed by atoms with Crippen molar-refractivity contribution >= 4 is 17.4 Å². The van der Waals surface area contributed by atoms with Crippen LogP contribution in [0.3, 0.4) is 0 Å². The Bertz CT molecular complexity index is 489. The molecule has 0 atom stereocenters.